The third-order valence-electron chi connectivity index (χ3n) is 5.40. The number of hydrogen-bond donors (Lipinski definition) is 2. The van der Waals surface area contributed by atoms with Crippen molar-refractivity contribution in [2.24, 2.45) is 0 Å². The molecule has 0 aromatic carbocycles. The molecule has 2 N–H and O–H groups in total. The molecular weight excluding hydrogens is 406 g/mol. The number of allylic oxidation sites excluding steroid dienone is 1. The van der Waals surface area contributed by atoms with Gasteiger partial charge in [0.05, 0.1) is 31.8 Å². The molecule has 0 spiro atoms. The van der Waals surface area contributed by atoms with Gasteiger partial charge in [0.15, 0.2) is 11.5 Å². The van der Waals surface area contributed by atoms with Crippen molar-refractivity contribution in [1.82, 2.24) is 15.0 Å². The van der Waals surface area contributed by atoms with Gasteiger partial charge in [-0.3, -0.25) is 4.98 Å². The highest BCUT2D eigenvalue weighted by Gasteiger charge is 2.38. The molecule has 2 heterocycles. The minimum Gasteiger partial charge on any atom is -0.494 e. The molecule has 0 radical (unpaired) electrons. The number of nitrogens with one attached hydrogen (secondary N) is 2. The lowest BCUT2D eigenvalue weighted by Gasteiger charge is -2.34. The molecule has 1 aliphatic rings. The lowest BCUT2D eigenvalue weighted by molar-refractivity contribution is -0.0137. The standard InChI is InChI=1S/C24H31N5O3/c1-7-18-8-9-19(15-26-18)25-11-10-17-14-27-23(28-16(17)2)29-20-12-21(30-4)22(31-5)24(3,13-20)32-6/h8-12,14-15,25H,7,13H2,1-6H3,(H,27,28,29)/b11-10-. The zero-order valence-corrected chi connectivity index (χ0v) is 19.5. The van der Waals surface area contributed by atoms with E-state index in [9.17, 15) is 0 Å². The first-order valence-electron chi connectivity index (χ1n) is 10.5. The predicted octanol–water partition coefficient (Wildman–Crippen LogP) is 4.43. The fraction of sp³-hybridized carbons (Fsp3) is 0.375. The Morgan fingerprint density at radius 1 is 1.12 bits per heavy atom. The summed E-state index contributed by atoms with van der Waals surface area (Å²) in [5.41, 5.74) is 3.99. The molecule has 0 saturated carbocycles. The molecule has 2 aromatic heterocycles. The minimum absolute atomic E-state index is 0.507. The first kappa shape index (κ1) is 23.3. The molecule has 0 bridgehead atoms. The van der Waals surface area contributed by atoms with Gasteiger partial charge >= 0.3 is 0 Å². The van der Waals surface area contributed by atoms with E-state index in [0.717, 1.165) is 34.8 Å². The molecule has 2 aromatic rings. The van der Waals surface area contributed by atoms with Crippen LogP contribution < -0.4 is 10.6 Å². The van der Waals surface area contributed by atoms with E-state index in [1.165, 1.54) is 0 Å². The molecule has 0 saturated heterocycles. The van der Waals surface area contributed by atoms with E-state index < -0.39 is 5.60 Å². The van der Waals surface area contributed by atoms with Crippen LogP contribution in [0.3, 0.4) is 0 Å². The van der Waals surface area contributed by atoms with Crippen molar-refractivity contribution in [1.29, 1.82) is 0 Å². The van der Waals surface area contributed by atoms with E-state index in [0.29, 0.717) is 23.9 Å². The molecule has 0 aliphatic heterocycles. The van der Waals surface area contributed by atoms with Crippen molar-refractivity contribution in [2.75, 3.05) is 32.0 Å². The first-order chi connectivity index (χ1) is 15.4. The van der Waals surface area contributed by atoms with E-state index in [1.807, 2.05) is 50.5 Å². The first-order valence-corrected chi connectivity index (χ1v) is 10.5. The molecule has 0 fully saturated rings. The quantitative estimate of drug-likeness (QED) is 0.595. The van der Waals surface area contributed by atoms with Crippen LogP contribution in [0.4, 0.5) is 11.6 Å². The van der Waals surface area contributed by atoms with Gasteiger partial charge in [-0.1, -0.05) is 6.92 Å². The second-order valence-corrected chi connectivity index (χ2v) is 7.61. The van der Waals surface area contributed by atoms with Gasteiger partial charge in [-0.15, -0.1) is 0 Å². The van der Waals surface area contributed by atoms with E-state index >= 15 is 0 Å². The van der Waals surface area contributed by atoms with Crippen LogP contribution in [-0.2, 0) is 20.6 Å². The number of methoxy groups -OCH3 is 3. The number of aromatic nitrogens is 3. The van der Waals surface area contributed by atoms with Crippen LogP contribution in [0.2, 0.25) is 0 Å². The van der Waals surface area contributed by atoms with Crippen LogP contribution >= 0.6 is 0 Å². The van der Waals surface area contributed by atoms with Crippen molar-refractivity contribution < 1.29 is 14.2 Å². The molecule has 8 nitrogen and oxygen atoms in total. The van der Waals surface area contributed by atoms with Crippen LogP contribution in [-0.4, -0.2) is 41.9 Å². The topological polar surface area (TPSA) is 90.4 Å². The Morgan fingerprint density at radius 2 is 1.94 bits per heavy atom. The SMILES string of the molecule is CCc1ccc(N/C=C\c2cnc(NC3=CC(OC)=C(OC)C(C)(OC)C3)nc2C)cn1. The molecule has 1 unspecified atom stereocenters. The predicted molar refractivity (Wildman–Crippen MR) is 126 cm³/mol. The van der Waals surface area contributed by atoms with Crippen LogP contribution in [0, 0.1) is 6.92 Å². The van der Waals surface area contributed by atoms with E-state index in [1.54, 1.807) is 27.5 Å². The van der Waals surface area contributed by atoms with Crippen molar-refractivity contribution in [2.45, 2.75) is 39.2 Å². The zero-order valence-electron chi connectivity index (χ0n) is 19.5. The molecule has 3 rings (SSSR count). The summed E-state index contributed by atoms with van der Waals surface area (Å²) in [6.45, 7) is 5.99. The number of ether oxygens (including phenoxy) is 3. The summed E-state index contributed by atoms with van der Waals surface area (Å²) < 4.78 is 16.7. The summed E-state index contributed by atoms with van der Waals surface area (Å²) in [5.74, 6) is 1.76. The van der Waals surface area contributed by atoms with Crippen molar-refractivity contribution >= 4 is 17.7 Å². The van der Waals surface area contributed by atoms with E-state index in [4.69, 9.17) is 14.2 Å². The fourth-order valence-corrected chi connectivity index (χ4v) is 3.48. The third-order valence-corrected chi connectivity index (χ3v) is 5.40. The van der Waals surface area contributed by atoms with Crippen molar-refractivity contribution in [3.8, 4) is 0 Å². The lowest BCUT2D eigenvalue weighted by atomic mass is 9.91. The van der Waals surface area contributed by atoms with Gasteiger partial charge < -0.3 is 24.8 Å². The van der Waals surface area contributed by atoms with Gasteiger partial charge in [0, 0.05) is 49.0 Å². The van der Waals surface area contributed by atoms with Gasteiger partial charge in [0.1, 0.15) is 5.60 Å². The maximum Gasteiger partial charge on any atom is 0.227 e. The highest BCUT2D eigenvalue weighted by Crippen LogP contribution is 2.36. The Hall–Kier alpha value is -3.39. The summed E-state index contributed by atoms with van der Waals surface area (Å²) in [6, 6.07) is 4.02. The highest BCUT2D eigenvalue weighted by atomic mass is 16.5. The average molecular weight is 438 g/mol. The van der Waals surface area contributed by atoms with Crippen molar-refractivity contribution in [3.05, 3.63) is 71.0 Å². The molecule has 8 heteroatoms. The van der Waals surface area contributed by atoms with Crippen LogP contribution in [0.1, 0.15) is 37.2 Å². The molecule has 1 atom stereocenters. The molecule has 0 amide bonds. The lowest BCUT2D eigenvalue weighted by Crippen LogP contribution is -2.36. The molecule has 32 heavy (non-hydrogen) atoms. The monoisotopic (exact) mass is 437 g/mol. The van der Waals surface area contributed by atoms with Gasteiger partial charge in [-0.2, -0.15) is 0 Å². The minimum atomic E-state index is -0.648. The molecular formula is C24H31N5O3. The van der Waals surface area contributed by atoms with Crippen LogP contribution in [0.25, 0.3) is 6.08 Å². The number of rotatable bonds is 9. The van der Waals surface area contributed by atoms with Gasteiger partial charge in [0.2, 0.25) is 5.95 Å². The third kappa shape index (κ3) is 5.26. The zero-order chi connectivity index (χ0) is 23.1. The van der Waals surface area contributed by atoms with Gasteiger partial charge in [-0.25, -0.2) is 9.97 Å². The van der Waals surface area contributed by atoms with Crippen LogP contribution in [0.5, 0.6) is 0 Å². The number of aryl methyl sites for hydroxylation is 2. The maximum absolute atomic E-state index is 5.71. The summed E-state index contributed by atoms with van der Waals surface area (Å²) in [7, 11) is 4.87. The Labute approximate surface area is 189 Å². The number of nitrogens with zero attached hydrogens (tertiary/aromatic N) is 3. The van der Waals surface area contributed by atoms with Gasteiger partial charge in [-0.05, 0) is 38.5 Å². The number of pyridine rings is 1. The highest BCUT2D eigenvalue weighted by molar-refractivity contribution is 5.56. The smallest absolute Gasteiger partial charge is 0.227 e. The Morgan fingerprint density at radius 3 is 2.53 bits per heavy atom. The van der Waals surface area contributed by atoms with Crippen molar-refractivity contribution in [3.63, 3.8) is 0 Å². The molecule has 170 valence electrons. The average Bonchev–Trinajstić information content (AvgIpc) is 2.80. The fourth-order valence-electron chi connectivity index (χ4n) is 3.48. The summed E-state index contributed by atoms with van der Waals surface area (Å²) in [4.78, 5) is 13.4. The maximum atomic E-state index is 5.71. The normalized spacial score (nSPS) is 18.5. The Balaban J connectivity index is 1.71. The van der Waals surface area contributed by atoms with Crippen LogP contribution in [0.15, 0.2) is 54.0 Å². The molecule has 1 aliphatic carbocycles. The largest absolute Gasteiger partial charge is 0.494 e. The number of hydrogen-bond acceptors (Lipinski definition) is 8. The van der Waals surface area contributed by atoms with Gasteiger partial charge in [0.25, 0.3) is 0 Å². The summed E-state index contributed by atoms with van der Waals surface area (Å²) in [6.07, 6.45) is 10.8. The Kier molecular flexibility index (Phi) is 7.48. The second kappa shape index (κ2) is 10.3. The summed E-state index contributed by atoms with van der Waals surface area (Å²) in [5, 5.41) is 6.50. The second-order valence-electron chi connectivity index (χ2n) is 7.61. The summed E-state index contributed by atoms with van der Waals surface area (Å²) >= 11 is 0. The number of anilines is 2. The van der Waals surface area contributed by atoms with E-state index in [2.05, 4.69) is 32.5 Å². The Bertz CT molecular complexity index is 1030. The van der Waals surface area contributed by atoms with E-state index in [-0.39, 0.29) is 0 Å².